The first-order valence-electron chi connectivity index (χ1n) is 15.7. The van der Waals surface area contributed by atoms with E-state index in [1.165, 1.54) is 38.6 Å². The monoisotopic (exact) mass is 667 g/mol. The van der Waals surface area contributed by atoms with Crippen LogP contribution in [0.2, 0.25) is 0 Å². The number of fused-ring (bicyclic) bond motifs is 6. The number of amides is 1. The molecule has 2 aromatic heterocycles. The average Bonchev–Trinajstić information content (AvgIpc) is 3.09. The van der Waals surface area contributed by atoms with E-state index in [1.54, 1.807) is 30.3 Å². The molecule has 13 heteroatoms. The molecule has 0 spiro atoms. The number of hydrogen-bond acceptors (Lipinski definition) is 11. The summed E-state index contributed by atoms with van der Waals surface area (Å²) in [5.74, 6) is -0.817. The zero-order valence-corrected chi connectivity index (χ0v) is 27.0. The first-order chi connectivity index (χ1) is 23.8. The van der Waals surface area contributed by atoms with Gasteiger partial charge in [-0.3, -0.25) is 9.78 Å². The molecule has 2 N–H and O–H groups in total. The van der Waals surface area contributed by atoms with E-state index in [4.69, 9.17) is 23.7 Å². The summed E-state index contributed by atoms with van der Waals surface area (Å²) >= 11 is 0. The second-order valence-corrected chi connectivity index (χ2v) is 11.5. The lowest BCUT2D eigenvalue weighted by Gasteiger charge is -2.27. The van der Waals surface area contributed by atoms with Crippen LogP contribution in [0.25, 0.3) is 11.3 Å². The number of ether oxygens (including phenoxy) is 5. The Kier molecular flexibility index (Phi) is 10.2. The van der Waals surface area contributed by atoms with Crippen LogP contribution in [-0.4, -0.2) is 61.9 Å². The Bertz CT molecular complexity index is 1920. The molecule has 4 bridgehead atoms. The summed E-state index contributed by atoms with van der Waals surface area (Å²) in [6.45, 7) is 1.48. The Morgan fingerprint density at radius 1 is 1.12 bits per heavy atom. The minimum Gasteiger partial charge on any atom is -0.494 e. The summed E-state index contributed by atoms with van der Waals surface area (Å²) in [6.07, 6.45) is 3.22. The van der Waals surface area contributed by atoms with Crippen molar-refractivity contribution in [3.05, 3.63) is 88.5 Å². The third kappa shape index (κ3) is 7.71. The molecule has 2 aliphatic rings. The number of benzene rings is 2. The van der Waals surface area contributed by atoms with Crippen molar-refractivity contribution in [3.8, 4) is 34.7 Å². The standard InChI is InChI=1S/C36H34FN5O7/c1-45-32-14-24(36(44)46-2)13-29(40-19-25-8-10-47-25)35(32)42-33(43)15-23-12-27(37)26-16-31(23)48-9-4-5-22-11-21(17-38)18-39-30(22)20-49-34-7-3-6-28(26)41-34/h3,6-7,11-14,16,18,25,40H,4-5,8-10,15,19-20H2,1-2H3,(H,42,43)/t25-/m0/s1. The normalized spacial score (nSPS) is 15.1. The molecule has 0 radical (unpaired) electrons. The van der Waals surface area contributed by atoms with Crippen molar-refractivity contribution in [1.29, 1.82) is 5.26 Å². The van der Waals surface area contributed by atoms with Crippen molar-refractivity contribution in [1.82, 2.24) is 9.97 Å². The van der Waals surface area contributed by atoms with Gasteiger partial charge in [-0.15, -0.1) is 0 Å². The molecule has 4 heterocycles. The number of anilines is 2. The number of carbonyl (C=O) groups is 2. The lowest BCUT2D eigenvalue weighted by atomic mass is 10.0. The predicted octanol–water partition coefficient (Wildman–Crippen LogP) is 5.24. The van der Waals surface area contributed by atoms with E-state index >= 15 is 4.39 Å². The number of nitrogens with one attached hydrogen (secondary N) is 2. The van der Waals surface area contributed by atoms with Gasteiger partial charge >= 0.3 is 5.97 Å². The maximum Gasteiger partial charge on any atom is 0.338 e. The number of aryl methyl sites for hydroxylation is 1. The van der Waals surface area contributed by atoms with Gasteiger partial charge in [0.1, 0.15) is 35.7 Å². The van der Waals surface area contributed by atoms with Gasteiger partial charge in [-0.25, -0.2) is 14.2 Å². The lowest BCUT2D eigenvalue weighted by Crippen LogP contribution is -2.33. The second kappa shape index (κ2) is 15.0. The van der Waals surface area contributed by atoms with Crippen molar-refractivity contribution in [2.75, 3.05) is 44.6 Å². The van der Waals surface area contributed by atoms with Crippen LogP contribution in [0, 0.1) is 17.1 Å². The van der Waals surface area contributed by atoms with Crippen molar-refractivity contribution in [3.63, 3.8) is 0 Å². The molecular weight excluding hydrogens is 633 g/mol. The molecule has 1 saturated heterocycles. The first kappa shape index (κ1) is 33.2. The minimum atomic E-state index is -0.592. The van der Waals surface area contributed by atoms with Gasteiger partial charge in [-0.2, -0.15) is 5.26 Å². The van der Waals surface area contributed by atoms with Gasteiger partial charge in [0.05, 0.1) is 61.6 Å². The molecule has 1 fully saturated rings. The number of pyridine rings is 2. The van der Waals surface area contributed by atoms with Crippen LogP contribution in [0.15, 0.2) is 54.7 Å². The molecule has 49 heavy (non-hydrogen) atoms. The Morgan fingerprint density at radius 3 is 2.73 bits per heavy atom. The van der Waals surface area contributed by atoms with Crippen LogP contribution >= 0.6 is 0 Å². The highest BCUT2D eigenvalue weighted by molar-refractivity contribution is 6.00. The molecule has 1 atom stereocenters. The maximum absolute atomic E-state index is 15.7. The summed E-state index contributed by atoms with van der Waals surface area (Å²) in [7, 11) is 2.70. The number of hydrogen-bond donors (Lipinski definition) is 2. The third-order valence-corrected chi connectivity index (χ3v) is 8.22. The summed E-state index contributed by atoms with van der Waals surface area (Å²) in [5, 5.41) is 15.5. The number of rotatable bonds is 8. The number of halogens is 1. The van der Waals surface area contributed by atoms with Crippen molar-refractivity contribution >= 4 is 23.3 Å². The Balaban J connectivity index is 1.29. The quantitative estimate of drug-likeness (QED) is 0.237. The number of esters is 1. The summed E-state index contributed by atoms with van der Waals surface area (Å²) < 4.78 is 43.8. The Labute approximate surface area is 282 Å². The lowest BCUT2D eigenvalue weighted by molar-refractivity contribution is -0.115. The molecule has 12 nitrogen and oxygen atoms in total. The molecule has 0 saturated carbocycles. The van der Waals surface area contributed by atoms with E-state index in [-0.39, 0.29) is 48.5 Å². The SMILES string of the molecule is COC(=O)c1cc(NC[C@@H]2CCO2)c(NC(=O)Cc2cc(F)c3cc2OCCCc2cc(C#N)cnc2COc2cccc-3n2)c(OC)c1. The highest BCUT2D eigenvalue weighted by atomic mass is 19.1. The van der Waals surface area contributed by atoms with Crippen molar-refractivity contribution < 1.29 is 37.7 Å². The van der Waals surface area contributed by atoms with Crippen LogP contribution < -0.4 is 24.8 Å². The number of nitriles is 1. The van der Waals surface area contributed by atoms with Gasteiger partial charge in [0.15, 0.2) is 0 Å². The molecule has 6 rings (SSSR count). The topological polar surface area (TPSA) is 154 Å². The molecule has 0 aliphatic carbocycles. The highest BCUT2D eigenvalue weighted by Gasteiger charge is 2.23. The Morgan fingerprint density at radius 2 is 1.98 bits per heavy atom. The predicted molar refractivity (Wildman–Crippen MR) is 176 cm³/mol. The average molecular weight is 668 g/mol. The van der Waals surface area contributed by atoms with Gasteiger partial charge in [0, 0.05) is 36.5 Å². The smallest absolute Gasteiger partial charge is 0.338 e. The van der Waals surface area contributed by atoms with Gasteiger partial charge in [-0.05, 0) is 61.2 Å². The zero-order valence-electron chi connectivity index (χ0n) is 27.0. The van der Waals surface area contributed by atoms with Crippen LogP contribution in [0.5, 0.6) is 17.4 Å². The highest BCUT2D eigenvalue weighted by Crippen LogP contribution is 2.36. The molecular formula is C36H34FN5O7. The number of aromatic nitrogens is 2. The van der Waals surface area contributed by atoms with Gasteiger partial charge < -0.3 is 34.3 Å². The van der Waals surface area contributed by atoms with Crippen molar-refractivity contribution in [2.45, 2.75) is 38.4 Å². The molecule has 252 valence electrons. The minimum absolute atomic E-state index is 0.00794. The van der Waals surface area contributed by atoms with Crippen LogP contribution in [0.1, 0.15) is 45.6 Å². The van der Waals surface area contributed by atoms with E-state index in [2.05, 4.69) is 26.7 Å². The molecule has 2 aliphatic heterocycles. The van der Waals surface area contributed by atoms with Crippen LogP contribution in [-0.2, 0) is 33.7 Å². The Hall–Kier alpha value is -5.74. The van der Waals surface area contributed by atoms with E-state index in [0.717, 1.165) is 12.0 Å². The molecule has 0 unspecified atom stereocenters. The first-order valence-corrected chi connectivity index (χ1v) is 15.7. The summed E-state index contributed by atoms with van der Waals surface area (Å²) in [5.41, 5.74) is 3.73. The van der Waals surface area contributed by atoms with Gasteiger partial charge in [-0.1, -0.05) is 6.07 Å². The number of nitrogens with zero attached hydrogens (tertiary/aromatic N) is 3. The van der Waals surface area contributed by atoms with Crippen LogP contribution in [0.3, 0.4) is 0 Å². The van der Waals surface area contributed by atoms with Crippen LogP contribution in [0.4, 0.5) is 15.8 Å². The maximum atomic E-state index is 15.7. The molecule has 4 aromatic rings. The molecule has 1 amide bonds. The van der Waals surface area contributed by atoms with Gasteiger partial charge in [0.25, 0.3) is 0 Å². The molecule has 2 aromatic carbocycles. The largest absolute Gasteiger partial charge is 0.494 e. The summed E-state index contributed by atoms with van der Waals surface area (Å²) in [4.78, 5) is 34.9. The summed E-state index contributed by atoms with van der Waals surface area (Å²) in [6, 6.07) is 14.8. The van der Waals surface area contributed by atoms with E-state index in [9.17, 15) is 14.9 Å². The van der Waals surface area contributed by atoms with E-state index in [0.29, 0.717) is 65.6 Å². The van der Waals surface area contributed by atoms with Crippen molar-refractivity contribution in [2.24, 2.45) is 0 Å². The third-order valence-electron chi connectivity index (χ3n) is 8.22. The number of carbonyl (C=O) groups excluding carboxylic acids is 2. The number of methoxy groups -OCH3 is 2. The van der Waals surface area contributed by atoms with E-state index in [1.807, 2.05) is 0 Å². The fourth-order valence-electron chi connectivity index (χ4n) is 5.55. The zero-order chi connectivity index (χ0) is 34.3. The second-order valence-electron chi connectivity index (χ2n) is 11.5. The fraction of sp³-hybridized carbons (Fsp3) is 0.306. The van der Waals surface area contributed by atoms with Gasteiger partial charge in [0.2, 0.25) is 11.8 Å². The van der Waals surface area contributed by atoms with E-state index < -0.39 is 17.7 Å². The fourth-order valence-corrected chi connectivity index (χ4v) is 5.55.